The van der Waals surface area contributed by atoms with E-state index in [4.69, 9.17) is 16.3 Å². The number of anilines is 1. The van der Waals surface area contributed by atoms with Gasteiger partial charge in [-0.25, -0.2) is 0 Å². The number of benzene rings is 1. The molecule has 1 saturated heterocycles. The number of hydrogen-bond donors (Lipinski definition) is 2. The van der Waals surface area contributed by atoms with Crippen LogP contribution in [0, 0.1) is 0 Å². The molecular weight excluding hydrogens is 297 g/mol. The standard InChI is InChI=1S/C12H12ClF3N2O2/c13-8-5-7(12(14,15)16)1-2-9(8)18-11(19)10-6-20-4-3-17-10/h1-2,5,10,17H,3-4,6H2,(H,18,19). The minimum atomic E-state index is -4.47. The van der Waals surface area contributed by atoms with E-state index in [-0.39, 0.29) is 17.3 Å². The Bertz CT molecular complexity index is 502. The van der Waals surface area contributed by atoms with Crippen molar-refractivity contribution in [3.63, 3.8) is 0 Å². The summed E-state index contributed by atoms with van der Waals surface area (Å²) in [4.78, 5) is 11.9. The summed E-state index contributed by atoms with van der Waals surface area (Å²) in [5.74, 6) is -0.397. The second kappa shape index (κ2) is 5.99. The first-order chi connectivity index (χ1) is 9.38. The summed E-state index contributed by atoms with van der Waals surface area (Å²) in [6.45, 7) is 1.27. The highest BCUT2D eigenvalue weighted by Gasteiger charge is 2.31. The lowest BCUT2D eigenvalue weighted by molar-refractivity contribution is -0.137. The average molecular weight is 309 g/mol. The van der Waals surface area contributed by atoms with Crippen molar-refractivity contribution in [3.05, 3.63) is 28.8 Å². The van der Waals surface area contributed by atoms with E-state index in [0.717, 1.165) is 18.2 Å². The molecule has 0 aliphatic carbocycles. The Labute approximate surface area is 118 Å². The first-order valence-electron chi connectivity index (χ1n) is 5.86. The van der Waals surface area contributed by atoms with E-state index in [2.05, 4.69) is 10.6 Å². The molecule has 8 heteroatoms. The van der Waals surface area contributed by atoms with Crippen molar-refractivity contribution >= 4 is 23.2 Å². The number of halogens is 4. The highest BCUT2D eigenvalue weighted by Crippen LogP contribution is 2.33. The van der Waals surface area contributed by atoms with Crippen LogP contribution < -0.4 is 10.6 Å². The molecule has 20 heavy (non-hydrogen) atoms. The third-order valence-electron chi connectivity index (χ3n) is 2.79. The van der Waals surface area contributed by atoms with Crippen LogP contribution in [0.1, 0.15) is 5.56 Å². The van der Waals surface area contributed by atoms with Crippen LogP contribution in [0.3, 0.4) is 0 Å². The maximum Gasteiger partial charge on any atom is 0.416 e. The molecule has 0 saturated carbocycles. The van der Waals surface area contributed by atoms with Crippen LogP contribution in [0.2, 0.25) is 5.02 Å². The van der Waals surface area contributed by atoms with Crippen molar-refractivity contribution in [3.8, 4) is 0 Å². The van der Waals surface area contributed by atoms with E-state index >= 15 is 0 Å². The zero-order chi connectivity index (χ0) is 14.8. The van der Waals surface area contributed by atoms with Crippen molar-refractivity contribution < 1.29 is 22.7 Å². The number of nitrogens with one attached hydrogen (secondary N) is 2. The number of morpholine rings is 1. The van der Waals surface area contributed by atoms with E-state index < -0.39 is 23.7 Å². The molecule has 0 bridgehead atoms. The van der Waals surface area contributed by atoms with Gasteiger partial charge in [0.05, 0.1) is 29.5 Å². The van der Waals surface area contributed by atoms with Gasteiger partial charge in [0.1, 0.15) is 6.04 Å². The van der Waals surface area contributed by atoms with Gasteiger partial charge in [-0.1, -0.05) is 11.6 Å². The number of ether oxygens (including phenoxy) is 1. The maximum atomic E-state index is 12.5. The molecule has 1 atom stereocenters. The fraction of sp³-hybridized carbons (Fsp3) is 0.417. The van der Waals surface area contributed by atoms with Gasteiger partial charge in [-0.05, 0) is 18.2 Å². The summed E-state index contributed by atoms with van der Waals surface area (Å²) in [6, 6.07) is 2.24. The fourth-order valence-corrected chi connectivity index (χ4v) is 1.97. The number of carbonyl (C=O) groups is 1. The summed E-state index contributed by atoms with van der Waals surface area (Å²) in [6.07, 6.45) is -4.47. The van der Waals surface area contributed by atoms with Gasteiger partial charge in [-0.2, -0.15) is 13.2 Å². The number of alkyl halides is 3. The van der Waals surface area contributed by atoms with Crippen LogP contribution in [0.15, 0.2) is 18.2 Å². The van der Waals surface area contributed by atoms with Crippen LogP contribution in [-0.2, 0) is 15.7 Å². The quantitative estimate of drug-likeness (QED) is 0.881. The van der Waals surface area contributed by atoms with Gasteiger partial charge in [0.2, 0.25) is 5.91 Å². The molecule has 2 N–H and O–H groups in total. The Balaban J connectivity index is 2.08. The summed E-state index contributed by atoms with van der Waals surface area (Å²) in [5, 5.41) is 5.25. The highest BCUT2D eigenvalue weighted by molar-refractivity contribution is 6.33. The molecule has 1 aliphatic rings. The Morgan fingerprint density at radius 2 is 2.20 bits per heavy atom. The number of rotatable bonds is 2. The average Bonchev–Trinajstić information content (AvgIpc) is 2.41. The molecule has 1 fully saturated rings. The zero-order valence-corrected chi connectivity index (χ0v) is 11.0. The summed E-state index contributed by atoms with van der Waals surface area (Å²) in [7, 11) is 0. The smallest absolute Gasteiger partial charge is 0.378 e. The lowest BCUT2D eigenvalue weighted by atomic mass is 10.2. The third kappa shape index (κ3) is 3.62. The number of hydrogen-bond acceptors (Lipinski definition) is 3. The van der Waals surface area contributed by atoms with Crippen LogP contribution >= 0.6 is 11.6 Å². The Kier molecular flexibility index (Phi) is 4.52. The molecule has 110 valence electrons. The molecule has 0 radical (unpaired) electrons. The predicted molar refractivity (Wildman–Crippen MR) is 67.7 cm³/mol. The van der Waals surface area contributed by atoms with E-state index in [1.165, 1.54) is 0 Å². The SMILES string of the molecule is O=C(Nc1ccc(C(F)(F)F)cc1Cl)C1COCCN1. The van der Waals surface area contributed by atoms with E-state index in [0.29, 0.717) is 13.2 Å². The Morgan fingerprint density at radius 3 is 2.75 bits per heavy atom. The number of amides is 1. The normalized spacial score (nSPS) is 19.7. The van der Waals surface area contributed by atoms with Crippen LogP contribution in [0.25, 0.3) is 0 Å². The van der Waals surface area contributed by atoms with Gasteiger partial charge in [-0.3, -0.25) is 4.79 Å². The molecule has 1 aromatic rings. The lowest BCUT2D eigenvalue weighted by Crippen LogP contribution is -2.48. The maximum absolute atomic E-state index is 12.5. The second-order valence-electron chi connectivity index (χ2n) is 4.26. The Hall–Kier alpha value is -1.31. The molecule has 0 aromatic heterocycles. The number of carbonyl (C=O) groups excluding carboxylic acids is 1. The van der Waals surface area contributed by atoms with Gasteiger partial charge < -0.3 is 15.4 Å². The topological polar surface area (TPSA) is 50.4 Å². The zero-order valence-electron chi connectivity index (χ0n) is 10.3. The van der Waals surface area contributed by atoms with Gasteiger partial charge in [-0.15, -0.1) is 0 Å². The summed E-state index contributed by atoms with van der Waals surface area (Å²) < 4.78 is 42.6. The summed E-state index contributed by atoms with van der Waals surface area (Å²) in [5.41, 5.74) is -0.725. The molecule has 1 aromatic carbocycles. The molecular formula is C12H12ClF3N2O2. The van der Waals surface area contributed by atoms with Crippen molar-refractivity contribution in [1.82, 2.24) is 5.32 Å². The van der Waals surface area contributed by atoms with Crippen molar-refractivity contribution in [2.24, 2.45) is 0 Å². The minimum absolute atomic E-state index is 0.136. The van der Waals surface area contributed by atoms with Gasteiger partial charge in [0.15, 0.2) is 0 Å². The van der Waals surface area contributed by atoms with Crippen molar-refractivity contribution in [2.75, 3.05) is 25.1 Å². The van der Waals surface area contributed by atoms with E-state index in [9.17, 15) is 18.0 Å². The monoisotopic (exact) mass is 308 g/mol. The molecule has 1 heterocycles. The van der Waals surface area contributed by atoms with Crippen LogP contribution in [0.4, 0.5) is 18.9 Å². The Morgan fingerprint density at radius 1 is 1.45 bits per heavy atom. The summed E-state index contributed by atoms with van der Waals surface area (Å²) >= 11 is 5.75. The van der Waals surface area contributed by atoms with Gasteiger partial charge >= 0.3 is 6.18 Å². The van der Waals surface area contributed by atoms with Gasteiger partial charge in [0.25, 0.3) is 0 Å². The molecule has 4 nitrogen and oxygen atoms in total. The minimum Gasteiger partial charge on any atom is -0.378 e. The molecule has 0 spiro atoms. The lowest BCUT2D eigenvalue weighted by Gasteiger charge is -2.23. The third-order valence-corrected chi connectivity index (χ3v) is 3.11. The fourth-order valence-electron chi connectivity index (χ4n) is 1.75. The van der Waals surface area contributed by atoms with E-state index in [1.807, 2.05) is 0 Å². The van der Waals surface area contributed by atoms with E-state index in [1.54, 1.807) is 0 Å². The molecule has 1 unspecified atom stereocenters. The molecule has 1 aliphatic heterocycles. The molecule has 2 rings (SSSR count). The van der Waals surface area contributed by atoms with Crippen molar-refractivity contribution in [2.45, 2.75) is 12.2 Å². The second-order valence-corrected chi connectivity index (χ2v) is 4.67. The van der Waals surface area contributed by atoms with Crippen LogP contribution in [-0.4, -0.2) is 31.7 Å². The first-order valence-corrected chi connectivity index (χ1v) is 6.24. The highest BCUT2D eigenvalue weighted by atomic mass is 35.5. The first kappa shape index (κ1) is 15.1. The van der Waals surface area contributed by atoms with Gasteiger partial charge in [0, 0.05) is 6.54 Å². The van der Waals surface area contributed by atoms with Crippen LogP contribution in [0.5, 0.6) is 0 Å². The molecule has 1 amide bonds. The largest absolute Gasteiger partial charge is 0.416 e. The van der Waals surface area contributed by atoms with Crippen molar-refractivity contribution in [1.29, 1.82) is 0 Å². The predicted octanol–water partition coefficient (Wildman–Crippen LogP) is 2.29.